The van der Waals surface area contributed by atoms with Crippen LogP contribution in [-0.2, 0) is 10.0 Å². The monoisotopic (exact) mass is 446 g/mol. The Balaban J connectivity index is 1.42. The molecule has 2 heterocycles. The van der Waals surface area contributed by atoms with Crippen molar-refractivity contribution in [2.24, 2.45) is 0 Å². The molecule has 0 atom stereocenters. The predicted molar refractivity (Wildman–Crippen MR) is 116 cm³/mol. The number of benzene rings is 1. The van der Waals surface area contributed by atoms with Crippen molar-refractivity contribution < 1.29 is 17.6 Å². The lowest BCUT2D eigenvalue weighted by Crippen LogP contribution is -2.35. The van der Waals surface area contributed by atoms with E-state index in [9.17, 15) is 13.2 Å². The number of hydrogen-bond acceptors (Lipinski definition) is 6. The van der Waals surface area contributed by atoms with Gasteiger partial charge in [-0.05, 0) is 49.9 Å². The van der Waals surface area contributed by atoms with Crippen molar-refractivity contribution in [3.05, 3.63) is 30.2 Å². The largest absolute Gasteiger partial charge is 0.412 e. The summed E-state index contributed by atoms with van der Waals surface area (Å²) in [6.07, 6.45) is 10.7. The third-order valence-electron chi connectivity index (χ3n) is 6.11. The van der Waals surface area contributed by atoms with Crippen LogP contribution in [0.3, 0.4) is 0 Å². The number of nitrogens with one attached hydrogen (secondary N) is 1. The maximum absolute atomic E-state index is 12.8. The van der Waals surface area contributed by atoms with E-state index in [1.165, 1.54) is 23.6 Å². The van der Waals surface area contributed by atoms with E-state index in [2.05, 4.69) is 15.5 Å². The molecule has 1 amide bonds. The topological polar surface area (TPSA) is 105 Å². The second-order valence-corrected chi connectivity index (χ2v) is 10.4. The molecule has 1 aliphatic carbocycles. The highest BCUT2D eigenvalue weighted by molar-refractivity contribution is 7.89. The summed E-state index contributed by atoms with van der Waals surface area (Å²) in [5.74, 6) is -0.222. The average molecular weight is 447 g/mol. The first kappa shape index (κ1) is 22.0. The van der Waals surface area contributed by atoms with Gasteiger partial charge in [-0.2, -0.15) is 4.31 Å². The minimum absolute atomic E-state index is 0.0675. The van der Waals surface area contributed by atoms with Gasteiger partial charge in [-0.1, -0.05) is 38.5 Å². The van der Waals surface area contributed by atoms with E-state index in [4.69, 9.17) is 4.42 Å². The van der Waals surface area contributed by atoms with Crippen molar-refractivity contribution in [1.82, 2.24) is 19.8 Å². The van der Waals surface area contributed by atoms with Gasteiger partial charge < -0.3 is 9.73 Å². The third-order valence-corrected chi connectivity index (χ3v) is 8.03. The molecule has 0 unspecified atom stereocenters. The zero-order valence-electron chi connectivity index (χ0n) is 17.8. The third kappa shape index (κ3) is 5.33. The molecule has 168 valence electrons. The fourth-order valence-corrected chi connectivity index (χ4v) is 5.82. The Bertz CT molecular complexity index is 973. The molecule has 1 saturated heterocycles. The van der Waals surface area contributed by atoms with E-state index in [1.807, 2.05) is 0 Å². The number of aromatic nitrogens is 2. The van der Waals surface area contributed by atoms with Crippen LogP contribution in [0.5, 0.6) is 0 Å². The Morgan fingerprint density at radius 2 is 1.52 bits per heavy atom. The van der Waals surface area contributed by atoms with Gasteiger partial charge >= 0.3 is 11.8 Å². The van der Waals surface area contributed by atoms with Gasteiger partial charge in [0.1, 0.15) is 0 Å². The van der Waals surface area contributed by atoms with Crippen LogP contribution in [0.2, 0.25) is 0 Å². The van der Waals surface area contributed by atoms with Crippen molar-refractivity contribution in [3.8, 4) is 11.5 Å². The molecule has 0 bridgehead atoms. The fraction of sp³-hybridized carbons (Fsp3) is 0.591. The van der Waals surface area contributed by atoms with Gasteiger partial charge in [0.05, 0.1) is 4.90 Å². The molecule has 0 radical (unpaired) electrons. The van der Waals surface area contributed by atoms with Crippen LogP contribution in [0.1, 0.15) is 74.9 Å². The molecule has 1 aliphatic heterocycles. The van der Waals surface area contributed by atoms with Crippen LogP contribution >= 0.6 is 0 Å². The number of carbonyl (C=O) groups excluding carboxylic acids is 1. The Morgan fingerprint density at radius 3 is 2.19 bits per heavy atom. The van der Waals surface area contributed by atoms with Gasteiger partial charge in [-0.3, -0.25) is 4.79 Å². The summed E-state index contributed by atoms with van der Waals surface area (Å²) >= 11 is 0. The molecule has 1 N–H and O–H groups in total. The summed E-state index contributed by atoms with van der Waals surface area (Å²) in [4.78, 5) is 12.8. The maximum atomic E-state index is 12.8. The number of piperidine rings is 1. The summed E-state index contributed by atoms with van der Waals surface area (Å²) in [5.41, 5.74) is 0.579. The lowest BCUT2D eigenvalue weighted by molar-refractivity contribution is 0.0896. The van der Waals surface area contributed by atoms with Gasteiger partial charge in [0.15, 0.2) is 0 Å². The van der Waals surface area contributed by atoms with Gasteiger partial charge in [0, 0.05) is 24.7 Å². The number of amides is 1. The van der Waals surface area contributed by atoms with Crippen LogP contribution in [0, 0.1) is 0 Å². The molecule has 9 heteroatoms. The van der Waals surface area contributed by atoms with Gasteiger partial charge in [-0.25, -0.2) is 8.42 Å². The Hall–Kier alpha value is -2.26. The Labute approximate surface area is 183 Å². The predicted octanol–water partition coefficient (Wildman–Crippen LogP) is 3.75. The molecule has 1 aromatic carbocycles. The van der Waals surface area contributed by atoms with Crippen LogP contribution in [0.15, 0.2) is 33.6 Å². The minimum Gasteiger partial charge on any atom is -0.412 e. The second kappa shape index (κ2) is 9.91. The number of hydrogen-bond donors (Lipinski definition) is 1. The first-order valence-corrected chi connectivity index (χ1v) is 12.7. The highest BCUT2D eigenvalue weighted by Crippen LogP contribution is 2.24. The smallest absolute Gasteiger partial charge is 0.309 e. The van der Waals surface area contributed by atoms with Crippen molar-refractivity contribution in [3.63, 3.8) is 0 Å². The zero-order valence-corrected chi connectivity index (χ0v) is 18.6. The molecule has 4 rings (SSSR count). The summed E-state index contributed by atoms with van der Waals surface area (Å²) in [6, 6.07) is 6.53. The molecular formula is C22H30N4O4S. The minimum atomic E-state index is -3.49. The second-order valence-electron chi connectivity index (χ2n) is 8.42. The van der Waals surface area contributed by atoms with E-state index in [0.29, 0.717) is 18.7 Å². The van der Waals surface area contributed by atoms with Gasteiger partial charge in [0.2, 0.25) is 15.9 Å². The summed E-state index contributed by atoms with van der Waals surface area (Å²) in [6.45, 7) is 1.13. The number of sulfonamides is 1. The molecule has 2 aliphatic rings. The number of carbonyl (C=O) groups is 1. The Kier molecular flexibility index (Phi) is 7.02. The molecule has 31 heavy (non-hydrogen) atoms. The fourth-order valence-electron chi connectivity index (χ4n) is 4.30. The zero-order chi connectivity index (χ0) is 21.7. The Morgan fingerprint density at radius 1 is 0.903 bits per heavy atom. The number of rotatable bonds is 5. The highest BCUT2D eigenvalue weighted by atomic mass is 32.2. The highest BCUT2D eigenvalue weighted by Gasteiger charge is 2.26. The molecular weight excluding hydrogens is 416 g/mol. The van der Waals surface area contributed by atoms with Gasteiger partial charge in [-0.15, -0.1) is 10.2 Å². The van der Waals surface area contributed by atoms with Crippen molar-refractivity contribution in [2.75, 3.05) is 13.1 Å². The first-order valence-electron chi connectivity index (χ1n) is 11.3. The van der Waals surface area contributed by atoms with E-state index in [1.54, 1.807) is 24.3 Å². The normalized spacial score (nSPS) is 19.5. The van der Waals surface area contributed by atoms with Gasteiger partial charge in [0.25, 0.3) is 0 Å². The summed E-state index contributed by atoms with van der Waals surface area (Å²) in [7, 11) is -3.49. The molecule has 1 saturated carbocycles. The average Bonchev–Trinajstić information content (AvgIpc) is 3.27. The van der Waals surface area contributed by atoms with E-state index >= 15 is 0 Å². The quantitative estimate of drug-likeness (QED) is 0.750. The van der Waals surface area contributed by atoms with E-state index in [-0.39, 0.29) is 28.6 Å². The van der Waals surface area contributed by atoms with Crippen LogP contribution in [0.4, 0.5) is 0 Å². The number of nitrogens with zero attached hydrogens (tertiary/aromatic N) is 3. The van der Waals surface area contributed by atoms with Crippen LogP contribution < -0.4 is 5.32 Å². The first-order chi connectivity index (χ1) is 15.0. The lowest BCUT2D eigenvalue weighted by Gasteiger charge is -2.25. The van der Waals surface area contributed by atoms with Crippen molar-refractivity contribution in [1.29, 1.82) is 0 Å². The molecule has 8 nitrogen and oxygen atoms in total. The molecule has 1 aromatic heterocycles. The molecule has 2 aromatic rings. The summed E-state index contributed by atoms with van der Waals surface area (Å²) in [5, 5.41) is 10.9. The SMILES string of the molecule is O=C(NC1CCCCCCC1)c1nnc(-c2ccc(S(=O)(=O)N3CCCCC3)cc2)o1. The van der Waals surface area contributed by atoms with E-state index < -0.39 is 10.0 Å². The lowest BCUT2D eigenvalue weighted by atomic mass is 9.97. The van der Waals surface area contributed by atoms with Crippen molar-refractivity contribution in [2.45, 2.75) is 75.1 Å². The molecule has 2 fully saturated rings. The van der Waals surface area contributed by atoms with Crippen molar-refractivity contribution >= 4 is 15.9 Å². The standard InChI is InChI=1S/C22H30N4O4S/c27-20(23-18-9-5-2-1-3-6-10-18)22-25-24-21(30-22)17-11-13-19(14-12-17)31(28,29)26-15-7-4-8-16-26/h11-14,18H,1-10,15-16H2,(H,23,27). The van der Waals surface area contributed by atoms with E-state index in [0.717, 1.165) is 44.9 Å². The molecule has 0 spiro atoms. The maximum Gasteiger partial charge on any atom is 0.309 e. The van der Waals surface area contributed by atoms with Crippen LogP contribution in [-0.4, -0.2) is 48.0 Å². The van der Waals surface area contributed by atoms with Crippen LogP contribution in [0.25, 0.3) is 11.5 Å². The summed E-state index contributed by atoms with van der Waals surface area (Å²) < 4.78 is 32.7.